The van der Waals surface area contributed by atoms with E-state index in [9.17, 15) is 0 Å². The van der Waals surface area contributed by atoms with Crippen LogP contribution in [0.2, 0.25) is 12.6 Å². The predicted octanol–water partition coefficient (Wildman–Crippen LogP) is 3.38. The predicted molar refractivity (Wildman–Crippen MR) is 67.4 cm³/mol. The summed E-state index contributed by atoms with van der Waals surface area (Å²) in [5.41, 5.74) is 0.967. The van der Waals surface area contributed by atoms with Gasteiger partial charge in [-0.15, -0.1) is 0 Å². The third-order valence-corrected chi connectivity index (χ3v) is 5.56. The molecule has 2 aliphatic carbocycles. The first-order valence-corrected chi connectivity index (χ1v) is 6.52. The fraction of sp³-hybridized carbons (Fsp3) is 1.00. The topological polar surface area (TPSA) is 0 Å². The van der Waals surface area contributed by atoms with Gasteiger partial charge in [-0.3, -0.25) is 0 Å². The van der Waals surface area contributed by atoms with Crippen LogP contribution >= 0.6 is 0 Å². The number of hydrogen-bond acceptors (Lipinski definition) is 0. The smallest absolute Gasteiger partial charge is 0.0660 e. The summed E-state index contributed by atoms with van der Waals surface area (Å²) in [6.45, 7) is 4.75. The van der Waals surface area contributed by atoms with Gasteiger partial charge in [-0.25, -0.2) is 0 Å². The summed E-state index contributed by atoms with van der Waals surface area (Å²) in [7, 11) is 12.0. The van der Waals surface area contributed by atoms with Crippen molar-refractivity contribution in [3.8, 4) is 0 Å². The first kappa shape index (κ1) is 11.6. The van der Waals surface area contributed by atoms with Crippen LogP contribution in [0.1, 0.15) is 46.0 Å². The Kier molecular flexibility index (Phi) is 2.99. The van der Waals surface area contributed by atoms with Crippen molar-refractivity contribution >= 4 is 15.7 Å². The highest BCUT2D eigenvalue weighted by Crippen LogP contribution is 2.67. The second-order valence-electron chi connectivity index (χ2n) is 6.09. The van der Waals surface area contributed by atoms with Crippen molar-refractivity contribution in [2.75, 3.05) is 0 Å². The van der Waals surface area contributed by atoms with Crippen molar-refractivity contribution < 1.29 is 0 Å². The molecule has 0 heterocycles. The Balaban J connectivity index is 2.30. The van der Waals surface area contributed by atoms with Gasteiger partial charge >= 0.3 is 0 Å². The molecule has 0 spiro atoms. The molecule has 0 aromatic carbocycles. The lowest BCUT2D eigenvalue weighted by atomic mass is 9.61. The van der Waals surface area contributed by atoms with Gasteiger partial charge < -0.3 is 0 Å². The molecule has 0 saturated heterocycles. The highest BCUT2D eigenvalue weighted by molar-refractivity contribution is 6.09. The van der Waals surface area contributed by atoms with E-state index in [2.05, 4.69) is 13.8 Å². The molecule has 2 aliphatic rings. The summed E-state index contributed by atoms with van der Waals surface area (Å²) in [5.74, 6) is 1.53. The van der Waals surface area contributed by atoms with E-state index >= 15 is 0 Å². The van der Waals surface area contributed by atoms with Gasteiger partial charge in [-0.1, -0.05) is 39.3 Å². The third-order valence-electron chi connectivity index (χ3n) is 5.56. The zero-order valence-corrected chi connectivity index (χ0v) is 10.3. The van der Waals surface area contributed by atoms with E-state index in [1.807, 2.05) is 0 Å². The Morgan fingerprint density at radius 3 is 2.47 bits per heavy atom. The van der Waals surface area contributed by atoms with Crippen LogP contribution < -0.4 is 0 Å². The molecule has 4 atom stereocenters. The normalized spacial score (nSPS) is 49.5. The van der Waals surface area contributed by atoms with Crippen molar-refractivity contribution in [3.05, 3.63) is 0 Å². The minimum atomic E-state index is 0.372. The zero-order valence-electron chi connectivity index (χ0n) is 10.3. The Labute approximate surface area is 97.4 Å². The second kappa shape index (κ2) is 3.86. The van der Waals surface area contributed by atoms with Crippen LogP contribution in [-0.4, -0.2) is 15.7 Å². The van der Waals surface area contributed by atoms with E-state index in [1.165, 1.54) is 32.1 Å². The van der Waals surface area contributed by atoms with Gasteiger partial charge in [0, 0.05) is 0 Å². The maximum atomic E-state index is 6.01. The first-order valence-electron chi connectivity index (χ1n) is 6.52. The van der Waals surface area contributed by atoms with E-state index in [1.54, 1.807) is 0 Å². The molecule has 0 aromatic rings. The lowest BCUT2D eigenvalue weighted by Gasteiger charge is -2.39. The lowest BCUT2D eigenvalue weighted by molar-refractivity contribution is 0.122. The molecule has 2 fully saturated rings. The van der Waals surface area contributed by atoms with Crippen LogP contribution in [0.25, 0.3) is 0 Å². The van der Waals surface area contributed by atoms with Crippen LogP contribution in [0.5, 0.6) is 0 Å². The Bertz CT molecular complexity index is 241. The molecule has 0 bridgehead atoms. The van der Waals surface area contributed by atoms with E-state index in [0.717, 1.165) is 24.5 Å². The molecule has 2 rings (SSSR count). The Morgan fingerprint density at radius 1 is 1.20 bits per heavy atom. The molecule has 15 heavy (non-hydrogen) atoms. The number of fused-ring (bicyclic) bond motifs is 1. The number of rotatable bonds is 3. The quantitative estimate of drug-likeness (QED) is 0.612. The van der Waals surface area contributed by atoms with Gasteiger partial charge in [0.2, 0.25) is 0 Å². The van der Waals surface area contributed by atoms with E-state index in [0.29, 0.717) is 10.8 Å². The summed E-state index contributed by atoms with van der Waals surface area (Å²) in [6.07, 6.45) is 8.47. The van der Waals surface area contributed by atoms with Crippen LogP contribution in [0.4, 0.5) is 0 Å². The molecular weight excluding hydrogens is 178 g/mol. The van der Waals surface area contributed by atoms with Crippen LogP contribution in [0, 0.1) is 22.7 Å². The highest BCUT2D eigenvalue weighted by atomic mass is 14.6. The molecule has 80 valence electrons. The average Bonchev–Trinajstić information content (AvgIpc) is 2.77. The molecule has 0 amide bonds. The van der Waals surface area contributed by atoms with Crippen LogP contribution in [0.3, 0.4) is 0 Å². The highest BCUT2D eigenvalue weighted by Gasteiger charge is 2.57. The van der Waals surface area contributed by atoms with E-state index < -0.39 is 0 Å². The van der Waals surface area contributed by atoms with Crippen LogP contribution in [-0.2, 0) is 0 Å². The molecule has 2 heteroatoms. The van der Waals surface area contributed by atoms with Crippen molar-refractivity contribution in [1.29, 1.82) is 0 Å². The monoisotopic (exact) mass is 200 g/mol. The summed E-state index contributed by atoms with van der Waals surface area (Å²) in [4.78, 5) is 0. The van der Waals surface area contributed by atoms with Gasteiger partial charge in [0.1, 0.15) is 0 Å². The van der Waals surface area contributed by atoms with Crippen molar-refractivity contribution in [3.63, 3.8) is 0 Å². The van der Waals surface area contributed by atoms with Crippen molar-refractivity contribution in [2.45, 2.75) is 58.6 Å². The van der Waals surface area contributed by atoms with E-state index in [-0.39, 0.29) is 0 Å². The summed E-state index contributed by atoms with van der Waals surface area (Å²) < 4.78 is 0. The maximum absolute atomic E-state index is 6.01. The van der Waals surface area contributed by atoms with Gasteiger partial charge in [0.15, 0.2) is 0 Å². The average molecular weight is 200 g/mol. The first-order chi connectivity index (χ1) is 7.12. The lowest BCUT2D eigenvalue weighted by Crippen LogP contribution is -2.32. The molecule has 4 radical (unpaired) electrons. The SMILES string of the molecule is [B]CC1CC[C@]2(CC)CCC(C)(C[B])C12. The standard InChI is InChI=1S/C13H22B2/c1-3-13-5-4-10(8-14)11(13)12(2,9-15)6-7-13/h10-11H,3-9H2,1-2H3/t10?,11?,12?,13-/m1/s1. The molecule has 0 nitrogen and oxygen atoms in total. The molecule has 2 saturated carbocycles. The third kappa shape index (κ3) is 1.51. The fourth-order valence-corrected chi connectivity index (χ4v) is 4.63. The summed E-state index contributed by atoms with van der Waals surface area (Å²) in [6, 6.07) is 0. The largest absolute Gasteiger partial charge is 0.0856 e. The van der Waals surface area contributed by atoms with Gasteiger partial charge in [0.05, 0.1) is 15.7 Å². The molecule has 0 aliphatic heterocycles. The Hall–Kier alpha value is 0.130. The fourth-order valence-electron chi connectivity index (χ4n) is 4.63. The zero-order chi connectivity index (χ0) is 11.1. The molecule has 0 N–H and O–H groups in total. The van der Waals surface area contributed by atoms with Gasteiger partial charge in [-0.2, -0.15) is 0 Å². The minimum absolute atomic E-state index is 0.372. The molecule has 3 unspecified atom stereocenters. The minimum Gasteiger partial charge on any atom is -0.0856 e. The van der Waals surface area contributed by atoms with Gasteiger partial charge in [-0.05, 0) is 41.9 Å². The second-order valence-corrected chi connectivity index (χ2v) is 6.09. The van der Waals surface area contributed by atoms with Crippen LogP contribution in [0.15, 0.2) is 0 Å². The Morgan fingerprint density at radius 2 is 1.93 bits per heavy atom. The van der Waals surface area contributed by atoms with E-state index in [4.69, 9.17) is 15.7 Å². The van der Waals surface area contributed by atoms with Crippen molar-refractivity contribution in [1.82, 2.24) is 0 Å². The maximum Gasteiger partial charge on any atom is 0.0660 e. The summed E-state index contributed by atoms with van der Waals surface area (Å²) >= 11 is 0. The molecule has 0 aromatic heterocycles. The van der Waals surface area contributed by atoms with Gasteiger partial charge in [0.25, 0.3) is 0 Å². The molecular formula is C13H22B2. The van der Waals surface area contributed by atoms with Crippen molar-refractivity contribution in [2.24, 2.45) is 22.7 Å². The number of hydrogen-bond donors (Lipinski definition) is 0. The summed E-state index contributed by atoms with van der Waals surface area (Å²) in [5, 5.41) is 0.